The Kier molecular flexibility index (Phi) is 5.52. The maximum Gasteiger partial charge on any atom is 0.243 e. The first-order valence-electron chi connectivity index (χ1n) is 7.71. The molecule has 0 heterocycles. The summed E-state index contributed by atoms with van der Waals surface area (Å²) in [5, 5.41) is 5.95. The van der Waals surface area contributed by atoms with E-state index in [2.05, 4.69) is 24.5 Å². The van der Waals surface area contributed by atoms with E-state index in [0.29, 0.717) is 17.2 Å². The summed E-state index contributed by atoms with van der Waals surface area (Å²) in [6.07, 6.45) is 0. The average Bonchev–Trinajstić information content (AvgIpc) is 2.53. The van der Waals surface area contributed by atoms with Crippen LogP contribution >= 0.6 is 0 Å². The van der Waals surface area contributed by atoms with Crippen molar-refractivity contribution >= 4 is 23.1 Å². The predicted octanol–water partition coefficient (Wildman–Crippen LogP) is 4.06. The van der Waals surface area contributed by atoms with Crippen molar-refractivity contribution in [3.63, 3.8) is 0 Å². The largest absolute Gasteiger partial charge is 0.376 e. The summed E-state index contributed by atoms with van der Waals surface area (Å²) in [4.78, 5) is 23.8. The summed E-state index contributed by atoms with van der Waals surface area (Å²) in [5.41, 5.74) is 3.19. The van der Waals surface area contributed by atoms with E-state index in [4.69, 9.17) is 0 Å². The standard InChI is InChI=1S/C19H22N2O2/c1-13(2)15-8-4-7-11-18(15)21-19(23)12-20-17-10-6-5-9-16(17)14(3)22/h4-11,13,20H,12H2,1-3H3,(H,21,23). The van der Waals surface area contributed by atoms with Crippen LogP contribution in [0.1, 0.15) is 42.6 Å². The van der Waals surface area contributed by atoms with Crippen molar-refractivity contribution in [2.24, 2.45) is 0 Å². The lowest BCUT2D eigenvalue weighted by molar-refractivity contribution is -0.114. The van der Waals surface area contributed by atoms with Gasteiger partial charge < -0.3 is 10.6 Å². The third kappa shape index (κ3) is 4.42. The first-order chi connectivity index (χ1) is 11.0. The molecule has 0 radical (unpaired) electrons. The van der Waals surface area contributed by atoms with Gasteiger partial charge in [0.2, 0.25) is 5.91 Å². The van der Waals surface area contributed by atoms with Gasteiger partial charge in [-0.2, -0.15) is 0 Å². The second-order valence-corrected chi connectivity index (χ2v) is 5.75. The smallest absolute Gasteiger partial charge is 0.243 e. The zero-order valence-electron chi connectivity index (χ0n) is 13.7. The molecule has 4 nitrogen and oxygen atoms in total. The Morgan fingerprint density at radius 2 is 1.57 bits per heavy atom. The summed E-state index contributed by atoms with van der Waals surface area (Å²) in [6.45, 7) is 5.80. The molecule has 0 aliphatic carbocycles. The fourth-order valence-corrected chi connectivity index (χ4v) is 2.43. The zero-order valence-corrected chi connectivity index (χ0v) is 13.7. The van der Waals surface area contributed by atoms with Gasteiger partial charge in [0.05, 0.1) is 6.54 Å². The zero-order chi connectivity index (χ0) is 16.8. The molecular formula is C19H22N2O2. The predicted molar refractivity (Wildman–Crippen MR) is 94.1 cm³/mol. The summed E-state index contributed by atoms with van der Waals surface area (Å²) >= 11 is 0. The molecule has 0 aliphatic heterocycles. The molecule has 2 N–H and O–H groups in total. The molecule has 0 spiro atoms. The van der Waals surface area contributed by atoms with Crippen molar-refractivity contribution in [3.05, 3.63) is 59.7 Å². The van der Waals surface area contributed by atoms with Crippen LogP contribution in [0.2, 0.25) is 0 Å². The van der Waals surface area contributed by atoms with Crippen molar-refractivity contribution < 1.29 is 9.59 Å². The molecule has 4 heteroatoms. The molecule has 23 heavy (non-hydrogen) atoms. The quantitative estimate of drug-likeness (QED) is 0.791. The Bertz CT molecular complexity index is 708. The average molecular weight is 310 g/mol. The number of ketones is 1. The maximum atomic E-state index is 12.2. The molecule has 1 amide bonds. The molecule has 0 atom stereocenters. The Hall–Kier alpha value is -2.62. The first-order valence-corrected chi connectivity index (χ1v) is 7.71. The lowest BCUT2D eigenvalue weighted by atomic mass is 10.0. The van der Waals surface area contributed by atoms with Gasteiger partial charge in [0.25, 0.3) is 0 Å². The third-order valence-corrected chi connectivity index (χ3v) is 3.60. The topological polar surface area (TPSA) is 58.2 Å². The number of hydrogen-bond donors (Lipinski definition) is 2. The molecule has 2 aromatic rings. The van der Waals surface area contributed by atoms with E-state index >= 15 is 0 Å². The SMILES string of the molecule is CC(=O)c1ccccc1NCC(=O)Nc1ccccc1C(C)C. The Morgan fingerprint density at radius 3 is 2.22 bits per heavy atom. The van der Waals surface area contributed by atoms with Crippen LogP contribution < -0.4 is 10.6 Å². The molecule has 0 aliphatic rings. The molecule has 0 fully saturated rings. The second-order valence-electron chi connectivity index (χ2n) is 5.75. The number of nitrogens with one attached hydrogen (secondary N) is 2. The third-order valence-electron chi connectivity index (χ3n) is 3.60. The van der Waals surface area contributed by atoms with Gasteiger partial charge in [0.15, 0.2) is 5.78 Å². The number of amides is 1. The van der Waals surface area contributed by atoms with Crippen LogP contribution in [0.15, 0.2) is 48.5 Å². The van der Waals surface area contributed by atoms with E-state index < -0.39 is 0 Å². The minimum Gasteiger partial charge on any atom is -0.376 e. The number of para-hydroxylation sites is 2. The Morgan fingerprint density at radius 1 is 0.957 bits per heavy atom. The Labute approximate surface area is 136 Å². The molecule has 0 unspecified atom stereocenters. The van der Waals surface area contributed by atoms with Gasteiger partial charge in [0, 0.05) is 16.9 Å². The van der Waals surface area contributed by atoms with Gasteiger partial charge in [0.1, 0.15) is 0 Å². The van der Waals surface area contributed by atoms with Crippen LogP contribution in [0.5, 0.6) is 0 Å². The summed E-state index contributed by atoms with van der Waals surface area (Å²) < 4.78 is 0. The lowest BCUT2D eigenvalue weighted by Gasteiger charge is -2.14. The molecule has 0 bridgehead atoms. The number of Topliss-reactive ketones (excluding diaryl/α,β-unsaturated/α-hetero) is 1. The summed E-state index contributed by atoms with van der Waals surface area (Å²) in [5.74, 6) is 0.160. The number of carbonyl (C=O) groups excluding carboxylic acids is 2. The van der Waals surface area contributed by atoms with Crippen molar-refractivity contribution in [3.8, 4) is 0 Å². The molecule has 0 saturated carbocycles. The van der Waals surface area contributed by atoms with Gasteiger partial charge in [-0.3, -0.25) is 9.59 Å². The van der Waals surface area contributed by atoms with Crippen LogP contribution in [-0.2, 0) is 4.79 Å². The highest BCUT2D eigenvalue weighted by atomic mass is 16.2. The molecule has 2 aromatic carbocycles. The van der Waals surface area contributed by atoms with E-state index in [9.17, 15) is 9.59 Å². The van der Waals surface area contributed by atoms with Gasteiger partial charge in [-0.25, -0.2) is 0 Å². The maximum absolute atomic E-state index is 12.2. The van der Waals surface area contributed by atoms with E-state index in [1.54, 1.807) is 18.2 Å². The highest BCUT2D eigenvalue weighted by Gasteiger charge is 2.10. The summed E-state index contributed by atoms with van der Waals surface area (Å²) in [6, 6.07) is 15.0. The van der Waals surface area contributed by atoms with Crippen LogP contribution in [0.4, 0.5) is 11.4 Å². The minimum absolute atomic E-state index is 0.0290. The lowest BCUT2D eigenvalue weighted by Crippen LogP contribution is -2.23. The van der Waals surface area contributed by atoms with E-state index in [-0.39, 0.29) is 18.2 Å². The monoisotopic (exact) mass is 310 g/mol. The highest BCUT2D eigenvalue weighted by molar-refractivity contribution is 6.00. The van der Waals surface area contributed by atoms with Gasteiger partial charge in [-0.15, -0.1) is 0 Å². The van der Waals surface area contributed by atoms with Crippen LogP contribution in [0, 0.1) is 0 Å². The van der Waals surface area contributed by atoms with Crippen molar-refractivity contribution in [2.45, 2.75) is 26.7 Å². The van der Waals surface area contributed by atoms with Gasteiger partial charge in [-0.1, -0.05) is 44.2 Å². The summed E-state index contributed by atoms with van der Waals surface area (Å²) in [7, 11) is 0. The van der Waals surface area contributed by atoms with E-state index in [0.717, 1.165) is 11.3 Å². The Balaban J connectivity index is 2.03. The van der Waals surface area contributed by atoms with E-state index in [1.807, 2.05) is 30.3 Å². The highest BCUT2D eigenvalue weighted by Crippen LogP contribution is 2.23. The van der Waals surface area contributed by atoms with Crippen molar-refractivity contribution in [2.75, 3.05) is 17.2 Å². The van der Waals surface area contributed by atoms with Gasteiger partial charge >= 0.3 is 0 Å². The second kappa shape index (κ2) is 7.58. The molecule has 120 valence electrons. The number of rotatable bonds is 6. The van der Waals surface area contributed by atoms with Crippen LogP contribution in [0.25, 0.3) is 0 Å². The number of carbonyl (C=O) groups is 2. The molecular weight excluding hydrogens is 288 g/mol. The molecule has 0 aromatic heterocycles. The fraction of sp³-hybridized carbons (Fsp3) is 0.263. The van der Waals surface area contributed by atoms with Crippen molar-refractivity contribution in [1.29, 1.82) is 0 Å². The van der Waals surface area contributed by atoms with E-state index in [1.165, 1.54) is 6.92 Å². The minimum atomic E-state index is -0.142. The van der Waals surface area contributed by atoms with Crippen molar-refractivity contribution in [1.82, 2.24) is 0 Å². The van der Waals surface area contributed by atoms with Crippen LogP contribution in [-0.4, -0.2) is 18.2 Å². The number of anilines is 2. The first kappa shape index (κ1) is 16.7. The number of benzene rings is 2. The molecule has 2 rings (SSSR count). The van der Waals surface area contributed by atoms with Gasteiger partial charge in [-0.05, 0) is 36.6 Å². The van der Waals surface area contributed by atoms with Crippen LogP contribution in [0.3, 0.4) is 0 Å². The molecule has 0 saturated heterocycles. The fourth-order valence-electron chi connectivity index (χ4n) is 2.43. The number of hydrogen-bond acceptors (Lipinski definition) is 3. The normalized spacial score (nSPS) is 10.4.